The molecule has 3 nitrogen and oxygen atoms in total. The van der Waals surface area contributed by atoms with E-state index in [-0.39, 0.29) is 0 Å². The Morgan fingerprint density at radius 3 is 2.50 bits per heavy atom. The van der Waals surface area contributed by atoms with Crippen LogP contribution in [0.5, 0.6) is 0 Å². The van der Waals surface area contributed by atoms with Gasteiger partial charge in [-0.05, 0) is 37.5 Å². The Morgan fingerprint density at radius 1 is 1.25 bits per heavy atom. The SMILES string of the molecule is CCNC(c1ccc(C)cc1)C(C)Sc1nc(C)ns1. The lowest BCUT2D eigenvalue weighted by atomic mass is 10.0. The third-order valence-electron chi connectivity index (χ3n) is 3.13. The first-order valence-corrected chi connectivity index (χ1v) is 8.52. The second-order valence-corrected chi connectivity index (χ2v) is 7.25. The van der Waals surface area contributed by atoms with Crippen molar-refractivity contribution in [2.24, 2.45) is 0 Å². The first-order chi connectivity index (χ1) is 9.60. The molecule has 1 aromatic carbocycles. The van der Waals surface area contributed by atoms with Crippen molar-refractivity contribution in [1.29, 1.82) is 0 Å². The quantitative estimate of drug-likeness (QED) is 0.819. The van der Waals surface area contributed by atoms with E-state index in [1.54, 1.807) is 11.8 Å². The van der Waals surface area contributed by atoms with Gasteiger partial charge in [-0.25, -0.2) is 4.98 Å². The molecule has 2 rings (SSSR count). The molecule has 0 spiro atoms. The van der Waals surface area contributed by atoms with Gasteiger partial charge < -0.3 is 5.32 Å². The van der Waals surface area contributed by atoms with Crippen LogP contribution in [0.4, 0.5) is 0 Å². The monoisotopic (exact) mass is 307 g/mol. The first kappa shape index (κ1) is 15.5. The molecule has 2 aromatic rings. The number of nitrogens with one attached hydrogen (secondary N) is 1. The van der Waals surface area contributed by atoms with E-state index in [4.69, 9.17) is 0 Å². The van der Waals surface area contributed by atoms with E-state index >= 15 is 0 Å². The van der Waals surface area contributed by atoms with Crippen LogP contribution >= 0.6 is 23.3 Å². The second kappa shape index (κ2) is 7.20. The molecule has 0 aliphatic carbocycles. The maximum absolute atomic E-state index is 4.44. The molecule has 1 aromatic heterocycles. The summed E-state index contributed by atoms with van der Waals surface area (Å²) in [6.45, 7) is 9.40. The number of hydrogen-bond donors (Lipinski definition) is 1. The zero-order chi connectivity index (χ0) is 14.5. The fourth-order valence-corrected chi connectivity index (χ4v) is 4.16. The van der Waals surface area contributed by atoms with Crippen LogP contribution in [0.25, 0.3) is 0 Å². The minimum Gasteiger partial charge on any atom is -0.309 e. The summed E-state index contributed by atoms with van der Waals surface area (Å²) in [5, 5.41) is 3.99. The standard InChI is InChI=1S/C15H21N3S2/c1-5-16-14(13-8-6-10(2)7-9-13)11(3)19-15-17-12(4)18-20-15/h6-9,11,14,16H,5H2,1-4H3. The zero-order valence-electron chi connectivity index (χ0n) is 12.4. The molecule has 0 saturated heterocycles. The number of hydrogen-bond acceptors (Lipinski definition) is 5. The van der Waals surface area contributed by atoms with Crippen molar-refractivity contribution in [3.63, 3.8) is 0 Å². The minimum absolute atomic E-state index is 0.329. The molecule has 0 aliphatic heterocycles. The maximum Gasteiger partial charge on any atom is 0.170 e. The molecule has 1 N–H and O–H groups in total. The predicted octanol–water partition coefficient (Wildman–Crippen LogP) is 3.99. The van der Waals surface area contributed by atoms with Crippen LogP contribution in [0.3, 0.4) is 0 Å². The lowest BCUT2D eigenvalue weighted by Crippen LogP contribution is -2.28. The van der Waals surface area contributed by atoms with Crippen LogP contribution in [0.15, 0.2) is 28.6 Å². The minimum atomic E-state index is 0.329. The lowest BCUT2D eigenvalue weighted by molar-refractivity contribution is 0.548. The van der Waals surface area contributed by atoms with Crippen molar-refractivity contribution in [2.45, 2.75) is 43.3 Å². The highest BCUT2D eigenvalue weighted by molar-refractivity contribution is 8.01. The summed E-state index contributed by atoms with van der Waals surface area (Å²) < 4.78 is 5.29. The Balaban J connectivity index is 2.12. The fraction of sp³-hybridized carbons (Fsp3) is 0.467. The molecule has 5 heteroatoms. The number of rotatable bonds is 6. The topological polar surface area (TPSA) is 37.8 Å². The fourth-order valence-electron chi connectivity index (χ4n) is 2.10. The van der Waals surface area contributed by atoms with Gasteiger partial charge in [0.05, 0.1) is 0 Å². The predicted molar refractivity (Wildman–Crippen MR) is 87.6 cm³/mol. The zero-order valence-corrected chi connectivity index (χ0v) is 14.0. The van der Waals surface area contributed by atoms with Gasteiger partial charge in [-0.15, -0.1) is 0 Å². The van der Waals surface area contributed by atoms with Gasteiger partial charge in [0.15, 0.2) is 4.34 Å². The van der Waals surface area contributed by atoms with Crippen molar-refractivity contribution in [3.05, 3.63) is 41.2 Å². The van der Waals surface area contributed by atoms with E-state index in [0.29, 0.717) is 11.3 Å². The van der Waals surface area contributed by atoms with Crippen molar-refractivity contribution >= 4 is 23.3 Å². The summed E-state index contributed by atoms with van der Waals surface area (Å²) >= 11 is 3.28. The number of benzene rings is 1. The van der Waals surface area contributed by atoms with E-state index < -0.39 is 0 Å². The Hall–Kier alpha value is -0.910. The van der Waals surface area contributed by atoms with Crippen LogP contribution in [0.1, 0.15) is 36.8 Å². The van der Waals surface area contributed by atoms with Crippen LogP contribution < -0.4 is 5.32 Å². The van der Waals surface area contributed by atoms with E-state index in [1.165, 1.54) is 22.7 Å². The molecule has 108 valence electrons. The van der Waals surface area contributed by atoms with Gasteiger partial charge in [-0.3, -0.25) is 0 Å². The van der Waals surface area contributed by atoms with E-state index in [2.05, 4.69) is 59.7 Å². The van der Waals surface area contributed by atoms with Gasteiger partial charge in [0.2, 0.25) is 0 Å². The lowest BCUT2D eigenvalue weighted by Gasteiger charge is -2.24. The van der Waals surface area contributed by atoms with Crippen molar-refractivity contribution in [1.82, 2.24) is 14.7 Å². The van der Waals surface area contributed by atoms with Crippen LogP contribution in [0.2, 0.25) is 0 Å². The molecule has 0 bridgehead atoms. The molecule has 0 aliphatic rings. The Morgan fingerprint density at radius 2 is 1.95 bits per heavy atom. The highest BCUT2D eigenvalue weighted by Crippen LogP contribution is 2.32. The number of aromatic nitrogens is 2. The summed E-state index contributed by atoms with van der Waals surface area (Å²) in [5.41, 5.74) is 2.63. The van der Waals surface area contributed by atoms with E-state index in [9.17, 15) is 0 Å². The van der Waals surface area contributed by atoms with Crippen LogP contribution in [-0.4, -0.2) is 21.2 Å². The van der Waals surface area contributed by atoms with Gasteiger partial charge >= 0.3 is 0 Å². The van der Waals surface area contributed by atoms with Gasteiger partial charge in [0, 0.05) is 11.3 Å². The summed E-state index contributed by atoms with van der Waals surface area (Å²) in [6.07, 6.45) is 0. The average Bonchev–Trinajstić information content (AvgIpc) is 2.82. The summed E-state index contributed by atoms with van der Waals surface area (Å²) in [4.78, 5) is 4.44. The molecule has 2 unspecified atom stereocenters. The largest absolute Gasteiger partial charge is 0.309 e. The normalized spacial score (nSPS) is 14.2. The number of aryl methyl sites for hydroxylation is 2. The van der Waals surface area contributed by atoms with Gasteiger partial charge in [-0.1, -0.05) is 55.4 Å². The number of thioether (sulfide) groups is 1. The molecule has 2 atom stereocenters. The third kappa shape index (κ3) is 4.04. The molecule has 0 saturated carbocycles. The van der Waals surface area contributed by atoms with Gasteiger partial charge in [-0.2, -0.15) is 4.37 Å². The molecule has 0 radical (unpaired) electrons. The van der Waals surface area contributed by atoms with Gasteiger partial charge in [0.1, 0.15) is 5.82 Å². The molecule has 20 heavy (non-hydrogen) atoms. The highest BCUT2D eigenvalue weighted by atomic mass is 32.2. The Labute approximate surface area is 129 Å². The summed E-state index contributed by atoms with van der Waals surface area (Å²) in [7, 11) is 0. The van der Waals surface area contributed by atoms with Crippen LogP contribution in [0, 0.1) is 13.8 Å². The molecule has 0 amide bonds. The van der Waals surface area contributed by atoms with Crippen molar-refractivity contribution < 1.29 is 0 Å². The Kier molecular flexibility index (Phi) is 5.57. The number of nitrogens with zero attached hydrogens (tertiary/aromatic N) is 2. The van der Waals surface area contributed by atoms with Crippen molar-refractivity contribution in [3.8, 4) is 0 Å². The summed E-state index contributed by atoms with van der Waals surface area (Å²) in [5.74, 6) is 0.861. The third-order valence-corrected chi connectivity index (χ3v) is 5.18. The molecular formula is C15H21N3S2. The summed E-state index contributed by atoms with van der Waals surface area (Å²) in [6, 6.07) is 9.10. The smallest absolute Gasteiger partial charge is 0.170 e. The van der Waals surface area contributed by atoms with Crippen molar-refractivity contribution in [2.75, 3.05) is 6.54 Å². The first-order valence-electron chi connectivity index (χ1n) is 6.87. The molecular weight excluding hydrogens is 286 g/mol. The second-order valence-electron chi connectivity index (χ2n) is 4.88. The van der Waals surface area contributed by atoms with Gasteiger partial charge in [0.25, 0.3) is 0 Å². The molecule has 1 heterocycles. The average molecular weight is 307 g/mol. The highest BCUT2D eigenvalue weighted by Gasteiger charge is 2.20. The van der Waals surface area contributed by atoms with E-state index in [1.807, 2.05) is 6.92 Å². The Bertz CT molecular complexity index is 536. The molecule has 0 fully saturated rings. The van der Waals surface area contributed by atoms with E-state index in [0.717, 1.165) is 16.7 Å². The maximum atomic E-state index is 4.44. The van der Waals surface area contributed by atoms with Crippen LogP contribution in [-0.2, 0) is 0 Å².